The number of rotatable bonds is 4. The molecule has 0 heterocycles. The van der Waals surface area contributed by atoms with Crippen LogP contribution in [0.4, 0.5) is 4.39 Å². The minimum absolute atomic E-state index is 0.0998. The molecule has 20 heavy (non-hydrogen) atoms. The van der Waals surface area contributed by atoms with Gasteiger partial charge in [0.15, 0.2) is 6.61 Å². The van der Waals surface area contributed by atoms with Gasteiger partial charge in [-0.3, -0.25) is 4.79 Å². The van der Waals surface area contributed by atoms with Gasteiger partial charge in [0.05, 0.1) is 5.02 Å². The Morgan fingerprint density at radius 2 is 2.10 bits per heavy atom. The van der Waals surface area contributed by atoms with Crippen LogP contribution in [0.25, 0.3) is 0 Å². The zero-order chi connectivity index (χ0) is 14.5. The first kappa shape index (κ1) is 15.1. The number of amides is 1. The lowest BCUT2D eigenvalue weighted by molar-refractivity contribution is -0.124. The molecule has 1 aromatic rings. The molecule has 2 rings (SSSR count). The number of carbonyl (C=O) groups excluding carboxylic acids is 1. The molecular weight excluding hydrogens is 281 g/mol. The molecule has 1 aliphatic rings. The molecule has 1 aliphatic carbocycles. The van der Waals surface area contributed by atoms with Crippen LogP contribution in [0.5, 0.6) is 5.75 Å². The van der Waals surface area contributed by atoms with Gasteiger partial charge in [0, 0.05) is 6.04 Å². The molecule has 110 valence electrons. The van der Waals surface area contributed by atoms with Gasteiger partial charge in [-0.1, -0.05) is 18.5 Å². The highest BCUT2D eigenvalue weighted by molar-refractivity contribution is 6.32. The highest BCUT2D eigenvalue weighted by atomic mass is 35.5. The van der Waals surface area contributed by atoms with Crippen molar-refractivity contribution >= 4 is 17.5 Å². The topological polar surface area (TPSA) is 38.3 Å². The van der Waals surface area contributed by atoms with E-state index in [4.69, 9.17) is 16.3 Å². The Kier molecular flexibility index (Phi) is 5.24. The average molecular weight is 300 g/mol. The third kappa shape index (κ3) is 4.37. The molecule has 0 aromatic heterocycles. The zero-order valence-electron chi connectivity index (χ0n) is 11.5. The summed E-state index contributed by atoms with van der Waals surface area (Å²) in [6.07, 6.45) is 4.33. The van der Waals surface area contributed by atoms with Gasteiger partial charge in [-0.2, -0.15) is 0 Å². The predicted octanol–water partition coefficient (Wildman–Crippen LogP) is 3.55. The SMILES string of the molecule is CC1CCC(NC(=O)COc2ccc(F)cc2Cl)CC1. The number of carbonyl (C=O) groups is 1. The van der Waals surface area contributed by atoms with E-state index < -0.39 is 5.82 Å². The van der Waals surface area contributed by atoms with Crippen molar-refractivity contribution in [3.8, 4) is 5.75 Å². The highest BCUT2D eigenvalue weighted by Gasteiger charge is 2.19. The zero-order valence-corrected chi connectivity index (χ0v) is 12.3. The molecular formula is C15H19ClFNO2. The molecule has 0 unspecified atom stereocenters. The second kappa shape index (κ2) is 6.93. The molecule has 1 fully saturated rings. The summed E-state index contributed by atoms with van der Waals surface area (Å²) < 4.78 is 18.2. The van der Waals surface area contributed by atoms with Gasteiger partial charge in [-0.15, -0.1) is 0 Å². The van der Waals surface area contributed by atoms with Crippen molar-refractivity contribution in [1.82, 2.24) is 5.32 Å². The van der Waals surface area contributed by atoms with Crippen molar-refractivity contribution in [3.05, 3.63) is 29.0 Å². The van der Waals surface area contributed by atoms with Crippen LogP contribution in [0.2, 0.25) is 5.02 Å². The van der Waals surface area contributed by atoms with Gasteiger partial charge in [0.25, 0.3) is 5.91 Å². The summed E-state index contributed by atoms with van der Waals surface area (Å²) in [5.41, 5.74) is 0. The van der Waals surface area contributed by atoms with Crippen molar-refractivity contribution in [2.24, 2.45) is 5.92 Å². The largest absolute Gasteiger partial charge is 0.482 e. The molecule has 0 bridgehead atoms. The third-order valence-corrected chi connectivity index (χ3v) is 3.93. The first-order chi connectivity index (χ1) is 9.54. The molecule has 0 radical (unpaired) electrons. The Bertz CT molecular complexity index is 473. The van der Waals surface area contributed by atoms with Gasteiger partial charge < -0.3 is 10.1 Å². The van der Waals surface area contributed by atoms with Crippen molar-refractivity contribution < 1.29 is 13.9 Å². The summed E-state index contributed by atoms with van der Waals surface area (Å²) in [7, 11) is 0. The second-order valence-corrected chi connectivity index (χ2v) is 5.79. The average Bonchev–Trinajstić information content (AvgIpc) is 2.40. The van der Waals surface area contributed by atoms with Crippen molar-refractivity contribution in [3.63, 3.8) is 0 Å². The van der Waals surface area contributed by atoms with E-state index in [1.54, 1.807) is 0 Å². The van der Waals surface area contributed by atoms with E-state index in [-0.39, 0.29) is 23.6 Å². The molecule has 3 nitrogen and oxygen atoms in total. The van der Waals surface area contributed by atoms with Gasteiger partial charge in [0.1, 0.15) is 11.6 Å². The van der Waals surface area contributed by atoms with Crippen LogP contribution in [0.1, 0.15) is 32.6 Å². The van der Waals surface area contributed by atoms with E-state index in [1.807, 2.05) is 0 Å². The summed E-state index contributed by atoms with van der Waals surface area (Å²) >= 11 is 5.82. The van der Waals surface area contributed by atoms with E-state index in [2.05, 4.69) is 12.2 Å². The molecule has 1 N–H and O–H groups in total. The first-order valence-electron chi connectivity index (χ1n) is 6.92. The van der Waals surface area contributed by atoms with Gasteiger partial charge in [-0.25, -0.2) is 4.39 Å². The number of halogens is 2. The normalized spacial score (nSPS) is 22.4. The van der Waals surface area contributed by atoms with Gasteiger partial charge in [0.2, 0.25) is 0 Å². The van der Waals surface area contributed by atoms with E-state index >= 15 is 0 Å². The minimum atomic E-state index is -0.428. The first-order valence-corrected chi connectivity index (χ1v) is 7.29. The summed E-state index contributed by atoms with van der Waals surface area (Å²) in [4.78, 5) is 11.8. The molecule has 0 spiro atoms. The maximum absolute atomic E-state index is 12.9. The fourth-order valence-corrected chi connectivity index (χ4v) is 2.63. The van der Waals surface area contributed by atoms with E-state index in [1.165, 1.54) is 12.1 Å². The van der Waals surface area contributed by atoms with Crippen LogP contribution < -0.4 is 10.1 Å². The molecule has 0 atom stereocenters. The van der Waals surface area contributed by atoms with Crippen LogP contribution >= 0.6 is 11.6 Å². The monoisotopic (exact) mass is 299 g/mol. The number of hydrogen-bond acceptors (Lipinski definition) is 2. The summed E-state index contributed by atoms with van der Waals surface area (Å²) in [6, 6.07) is 4.08. The summed E-state index contributed by atoms with van der Waals surface area (Å²) in [6.45, 7) is 2.13. The Morgan fingerprint density at radius 3 is 2.75 bits per heavy atom. The fourth-order valence-electron chi connectivity index (χ4n) is 2.41. The Labute approximate surface area is 123 Å². The third-order valence-electron chi connectivity index (χ3n) is 3.63. The second-order valence-electron chi connectivity index (χ2n) is 5.39. The number of ether oxygens (including phenoxy) is 1. The lowest BCUT2D eigenvalue weighted by atomic mass is 9.87. The molecule has 1 amide bonds. The standard InChI is InChI=1S/C15H19ClFNO2/c1-10-2-5-12(6-3-10)18-15(19)9-20-14-7-4-11(17)8-13(14)16/h4,7-8,10,12H,2-3,5-6,9H2,1H3,(H,18,19). The lowest BCUT2D eigenvalue weighted by Gasteiger charge is -2.26. The van der Waals surface area contributed by atoms with Gasteiger partial charge >= 0.3 is 0 Å². The van der Waals surface area contributed by atoms with Crippen molar-refractivity contribution in [2.75, 3.05) is 6.61 Å². The van der Waals surface area contributed by atoms with E-state index in [0.717, 1.165) is 37.7 Å². The quantitative estimate of drug-likeness (QED) is 0.923. The van der Waals surface area contributed by atoms with E-state index in [0.29, 0.717) is 5.75 Å². The van der Waals surface area contributed by atoms with Crippen molar-refractivity contribution in [1.29, 1.82) is 0 Å². The minimum Gasteiger partial charge on any atom is -0.482 e. The maximum Gasteiger partial charge on any atom is 0.258 e. The molecule has 5 heteroatoms. The number of nitrogens with one attached hydrogen (secondary N) is 1. The van der Waals surface area contributed by atoms with Crippen LogP contribution in [0, 0.1) is 11.7 Å². The van der Waals surface area contributed by atoms with Crippen LogP contribution in [-0.2, 0) is 4.79 Å². The van der Waals surface area contributed by atoms with Crippen LogP contribution in [0.15, 0.2) is 18.2 Å². The van der Waals surface area contributed by atoms with Crippen LogP contribution in [0.3, 0.4) is 0 Å². The molecule has 1 saturated carbocycles. The summed E-state index contributed by atoms with van der Waals surface area (Å²) in [5.74, 6) is 0.478. The Morgan fingerprint density at radius 1 is 1.40 bits per heavy atom. The Hall–Kier alpha value is -1.29. The predicted molar refractivity (Wildman–Crippen MR) is 76.5 cm³/mol. The number of benzene rings is 1. The number of hydrogen-bond donors (Lipinski definition) is 1. The lowest BCUT2D eigenvalue weighted by Crippen LogP contribution is -2.39. The summed E-state index contributed by atoms with van der Waals surface area (Å²) in [5, 5.41) is 3.13. The van der Waals surface area contributed by atoms with Crippen LogP contribution in [-0.4, -0.2) is 18.6 Å². The van der Waals surface area contributed by atoms with E-state index in [9.17, 15) is 9.18 Å². The Balaban J connectivity index is 1.77. The van der Waals surface area contributed by atoms with Crippen molar-refractivity contribution in [2.45, 2.75) is 38.6 Å². The maximum atomic E-state index is 12.9. The van der Waals surface area contributed by atoms with Gasteiger partial charge in [-0.05, 0) is 49.8 Å². The smallest absolute Gasteiger partial charge is 0.258 e. The molecule has 0 saturated heterocycles. The molecule has 1 aromatic carbocycles. The molecule has 0 aliphatic heterocycles. The highest BCUT2D eigenvalue weighted by Crippen LogP contribution is 2.25. The fraction of sp³-hybridized carbons (Fsp3) is 0.533.